The van der Waals surface area contributed by atoms with Crippen LogP contribution < -0.4 is 4.90 Å². The largest absolute Gasteiger partial charge is 0.343 e. The van der Waals surface area contributed by atoms with Crippen molar-refractivity contribution in [3.8, 4) is 0 Å². The van der Waals surface area contributed by atoms with Gasteiger partial charge in [0, 0.05) is 44.1 Å². The SMILES string of the molecule is Cc1csc(N2CCN([C@@H](C)C(=O)N3CCCC3)C[C@@H]2C)n1. The number of likely N-dealkylation sites (tertiary alicyclic amines) is 1. The molecule has 2 fully saturated rings. The second-order valence-electron chi connectivity index (χ2n) is 6.52. The number of aromatic nitrogens is 1. The van der Waals surface area contributed by atoms with Crippen molar-refractivity contribution in [2.45, 2.75) is 45.7 Å². The van der Waals surface area contributed by atoms with Gasteiger partial charge >= 0.3 is 0 Å². The molecule has 1 aromatic rings. The van der Waals surface area contributed by atoms with Gasteiger partial charge in [0.25, 0.3) is 0 Å². The minimum Gasteiger partial charge on any atom is -0.343 e. The summed E-state index contributed by atoms with van der Waals surface area (Å²) in [5.74, 6) is 0.309. The van der Waals surface area contributed by atoms with Gasteiger partial charge in [0.2, 0.25) is 5.91 Å². The van der Waals surface area contributed by atoms with Crippen molar-refractivity contribution in [2.75, 3.05) is 37.6 Å². The zero-order chi connectivity index (χ0) is 15.7. The van der Waals surface area contributed by atoms with Crippen LogP contribution in [0.3, 0.4) is 0 Å². The first kappa shape index (κ1) is 15.7. The molecule has 3 rings (SSSR count). The monoisotopic (exact) mass is 322 g/mol. The van der Waals surface area contributed by atoms with Crippen LogP contribution in [0.2, 0.25) is 0 Å². The third-order valence-electron chi connectivity index (χ3n) is 4.83. The topological polar surface area (TPSA) is 39.7 Å². The highest BCUT2D eigenvalue weighted by molar-refractivity contribution is 7.13. The lowest BCUT2D eigenvalue weighted by Gasteiger charge is -2.42. The maximum Gasteiger partial charge on any atom is 0.239 e. The average Bonchev–Trinajstić information content (AvgIpc) is 3.17. The Morgan fingerprint density at radius 3 is 2.64 bits per heavy atom. The van der Waals surface area contributed by atoms with Crippen molar-refractivity contribution in [3.63, 3.8) is 0 Å². The van der Waals surface area contributed by atoms with Crippen LogP contribution in [0, 0.1) is 6.92 Å². The number of hydrogen-bond acceptors (Lipinski definition) is 5. The molecule has 2 saturated heterocycles. The molecule has 3 heterocycles. The summed E-state index contributed by atoms with van der Waals surface area (Å²) >= 11 is 1.72. The van der Waals surface area contributed by atoms with E-state index in [2.05, 4.69) is 34.0 Å². The zero-order valence-corrected chi connectivity index (χ0v) is 14.6. The van der Waals surface area contributed by atoms with E-state index in [1.165, 1.54) is 0 Å². The van der Waals surface area contributed by atoms with Gasteiger partial charge in [-0.1, -0.05) is 0 Å². The van der Waals surface area contributed by atoms with Gasteiger partial charge in [0.15, 0.2) is 5.13 Å². The van der Waals surface area contributed by atoms with Gasteiger partial charge in [-0.3, -0.25) is 9.69 Å². The van der Waals surface area contributed by atoms with Crippen molar-refractivity contribution in [1.29, 1.82) is 0 Å². The van der Waals surface area contributed by atoms with E-state index in [-0.39, 0.29) is 6.04 Å². The summed E-state index contributed by atoms with van der Waals surface area (Å²) < 4.78 is 0. The lowest BCUT2D eigenvalue weighted by atomic mass is 10.1. The molecule has 0 aliphatic carbocycles. The lowest BCUT2D eigenvalue weighted by Crippen LogP contribution is -2.57. The number of piperazine rings is 1. The van der Waals surface area contributed by atoms with E-state index in [4.69, 9.17) is 0 Å². The van der Waals surface area contributed by atoms with Crippen LogP contribution in [0.4, 0.5) is 5.13 Å². The minimum atomic E-state index is 0.000677. The summed E-state index contributed by atoms with van der Waals surface area (Å²) in [4.78, 5) is 23.9. The molecule has 22 heavy (non-hydrogen) atoms. The molecular weight excluding hydrogens is 296 g/mol. The summed E-state index contributed by atoms with van der Waals surface area (Å²) in [6, 6.07) is 0.397. The van der Waals surface area contributed by atoms with Crippen molar-refractivity contribution < 1.29 is 4.79 Å². The number of carbonyl (C=O) groups excluding carboxylic acids is 1. The van der Waals surface area contributed by atoms with Gasteiger partial charge < -0.3 is 9.80 Å². The maximum absolute atomic E-state index is 12.6. The van der Waals surface area contributed by atoms with Gasteiger partial charge in [-0.25, -0.2) is 4.98 Å². The molecule has 0 bridgehead atoms. The Morgan fingerprint density at radius 2 is 2.05 bits per heavy atom. The van der Waals surface area contributed by atoms with Crippen molar-refractivity contribution >= 4 is 22.4 Å². The number of anilines is 1. The number of hydrogen-bond donors (Lipinski definition) is 0. The van der Waals surface area contributed by atoms with E-state index in [1.807, 2.05) is 11.8 Å². The van der Waals surface area contributed by atoms with Gasteiger partial charge in [-0.15, -0.1) is 11.3 Å². The van der Waals surface area contributed by atoms with Crippen molar-refractivity contribution in [3.05, 3.63) is 11.1 Å². The third kappa shape index (κ3) is 3.13. The van der Waals surface area contributed by atoms with Gasteiger partial charge in [0.1, 0.15) is 0 Å². The molecule has 0 radical (unpaired) electrons. The molecule has 1 aromatic heterocycles. The Labute approximate surface area is 136 Å². The number of thiazole rings is 1. The quantitative estimate of drug-likeness (QED) is 0.853. The first-order chi connectivity index (χ1) is 10.6. The van der Waals surface area contributed by atoms with E-state index in [1.54, 1.807) is 11.3 Å². The van der Waals surface area contributed by atoms with Crippen LogP contribution in [0.25, 0.3) is 0 Å². The summed E-state index contributed by atoms with van der Waals surface area (Å²) in [5, 5.41) is 3.22. The summed E-state index contributed by atoms with van der Waals surface area (Å²) in [7, 11) is 0. The molecule has 2 atom stereocenters. The number of rotatable bonds is 3. The fourth-order valence-electron chi connectivity index (χ4n) is 3.45. The summed E-state index contributed by atoms with van der Waals surface area (Å²) in [5.41, 5.74) is 1.09. The second kappa shape index (κ2) is 6.54. The summed E-state index contributed by atoms with van der Waals surface area (Å²) in [6.45, 7) is 11.0. The number of amides is 1. The van der Waals surface area contributed by atoms with Crippen molar-refractivity contribution in [2.24, 2.45) is 0 Å². The van der Waals surface area contributed by atoms with Crippen LogP contribution in [-0.4, -0.2) is 65.5 Å². The minimum absolute atomic E-state index is 0.000677. The maximum atomic E-state index is 12.6. The lowest BCUT2D eigenvalue weighted by molar-refractivity contribution is -0.135. The molecule has 0 saturated carbocycles. The van der Waals surface area contributed by atoms with E-state index in [0.717, 1.165) is 56.4 Å². The second-order valence-corrected chi connectivity index (χ2v) is 7.35. The van der Waals surface area contributed by atoms with Gasteiger partial charge in [-0.2, -0.15) is 0 Å². The van der Waals surface area contributed by atoms with Gasteiger partial charge in [-0.05, 0) is 33.6 Å². The third-order valence-corrected chi connectivity index (χ3v) is 5.83. The van der Waals surface area contributed by atoms with Crippen LogP contribution in [0.5, 0.6) is 0 Å². The van der Waals surface area contributed by atoms with Crippen LogP contribution in [0.1, 0.15) is 32.4 Å². The molecule has 6 heteroatoms. The fourth-order valence-corrected chi connectivity index (χ4v) is 4.39. The zero-order valence-electron chi connectivity index (χ0n) is 13.8. The standard InChI is InChI=1S/C16H26N4OS/c1-12-11-22-16(17-12)20-9-8-19(10-13(20)2)14(3)15(21)18-6-4-5-7-18/h11,13-14H,4-10H2,1-3H3/t13-,14-/m0/s1. The molecule has 1 amide bonds. The molecule has 2 aliphatic heterocycles. The van der Waals surface area contributed by atoms with E-state index >= 15 is 0 Å². The van der Waals surface area contributed by atoms with Gasteiger partial charge in [0.05, 0.1) is 11.7 Å². The Hall–Kier alpha value is -1.14. The number of aryl methyl sites for hydroxylation is 1. The normalized spacial score (nSPS) is 24.8. The molecule has 0 spiro atoms. The van der Waals surface area contributed by atoms with E-state index in [0.29, 0.717) is 11.9 Å². The highest BCUT2D eigenvalue weighted by Crippen LogP contribution is 2.25. The van der Waals surface area contributed by atoms with E-state index < -0.39 is 0 Å². The molecule has 0 unspecified atom stereocenters. The molecule has 122 valence electrons. The smallest absolute Gasteiger partial charge is 0.239 e. The predicted molar refractivity (Wildman–Crippen MR) is 90.5 cm³/mol. The number of nitrogens with zero attached hydrogens (tertiary/aromatic N) is 4. The highest BCUT2D eigenvalue weighted by Gasteiger charge is 2.33. The Bertz CT molecular complexity index is 526. The molecule has 0 N–H and O–H groups in total. The molecule has 0 aromatic carbocycles. The Kier molecular flexibility index (Phi) is 4.68. The number of carbonyl (C=O) groups is 1. The van der Waals surface area contributed by atoms with Crippen LogP contribution in [-0.2, 0) is 4.79 Å². The molecule has 5 nitrogen and oxygen atoms in total. The van der Waals surface area contributed by atoms with Crippen LogP contribution in [0.15, 0.2) is 5.38 Å². The van der Waals surface area contributed by atoms with E-state index in [9.17, 15) is 4.79 Å². The highest BCUT2D eigenvalue weighted by atomic mass is 32.1. The molecular formula is C16H26N4OS. The first-order valence-electron chi connectivity index (χ1n) is 8.28. The Balaban J connectivity index is 1.60. The van der Waals surface area contributed by atoms with Crippen LogP contribution >= 0.6 is 11.3 Å². The first-order valence-corrected chi connectivity index (χ1v) is 9.16. The fraction of sp³-hybridized carbons (Fsp3) is 0.750. The predicted octanol–water partition coefficient (Wildman–Crippen LogP) is 1.97. The van der Waals surface area contributed by atoms with Crippen molar-refractivity contribution in [1.82, 2.24) is 14.8 Å². The summed E-state index contributed by atoms with van der Waals surface area (Å²) in [6.07, 6.45) is 2.32. The Morgan fingerprint density at radius 1 is 1.32 bits per heavy atom. The average molecular weight is 322 g/mol. The molecule has 2 aliphatic rings.